The van der Waals surface area contributed by atoms with Crippen LogP contribution >= 0.6 is 0 Å². The highest BCUT2D eigenvalue weighted by Crippen LogP contribution is 2.22. The Morgan fingerprint density at radius 2 is 1.78 bits per heavy atom. The van der Waals surface area contributed by atoms with Crippen molar-refractivity contribution >= 4 is 21.8 Å². The van der Waals surface area contributed by atoms with Crippen LogP contribution in [0, 0.1) is 0 Å². The molecule has 150 valence electrons. The maximum atomic E-state index is 12.7. The molecule has 1 heterocycles. The zero-order chi connectivity index (χ0) is 19.9. The number of nitrogens with one attached hydrogen (secondary N) is 2. The maximum absolute atomic E-state index is 12.7. The fourth-order valence-corrected chi connectivity index (χ4v) is 4.38. The van der Waals surface area contributed by atoms with E-state index < -0.39 is 10.0 Å². The van der Waals surface area contributed by atoms with Crippen LogP contribution in [0.25, 0.3) is 0 Å². The number of piperidine rings is 1. The van der Waals surface area contributed by atoms with Gasteiger partial charge < -0.3 is 15.4 Å². The predicted octanol–water partition coefficient (Wildman–Crippen LogP) is 0.881. The van der Waals surface area contributed by atoms with E-state index in [0.717, 1.165) is 6.42 Å². The molecule has 0 saturated carbocycles. The van der Waals surface area contributed by atoms with E-state index in [1.807, 2.05) is 6.92 Å². The van der Waals surface area contributed by atoms with Crippen molar-refractivity contribution in [1.82, 2.24) is 14.9 Å². The highest BCUT2D eigenvalue weighted by atomic mass is 32.2. The Labute approximate surface area is 160 Å². The third-order valence-corrected chi connectivity index (χ3v) is 6.35. The molecule has 1 aliphatic heterocycles. The second-order valence-corrected chi connectivity index (χ2v) is 8.39. The molecule has 9 heteroatoms. The smallest absolute Gasteiger partial charge is 0.243 e. The number of rotatable bonds is 8. The molecule has 27 heavy (non-hydrogen) atoms. The van der Waals surface area contributed by atoms with E-state index in [1.165, 1.54) is 23.5 Å². The summed E-state index contributed by atoms with van der Waals surface area (Å²) < 4.78 is 31.9. The first-order valence-corrected chi connectivity index (χ1v) is 10.5. The molecule has 0 bridgehead atoms. The Balaban J connectivity index is 1.83. The average molecular weight is 397 g/mol. The minimum Gasteiger partial charge on any atom is -0.497 e. The van der Waals surface area contributed by atoms with Gasteiger partial charge in [0.05, 0.1) is 18.6 Å². The molecule has 2 rings (SSSR count). The molecule has 1 aromatic carbocycles. The topological polar surface area (TPSA) is 105 Å². The minimum absolute atomic E-state index is 0.0524. The Morgan fingerprint density at radius 1 is 1.15 bits per heavy atom. The minimum atomic E-state index is -3.56. The Morgan fingerprint density at radius 3 is 2.33 bits per heavy atom. The van der Waals surface area contributed by atoms with Gasteiger partial charge >= 0.3 is 0 Å². The molecule has 0 spiro atoms. The normalized spacial score (nSPS) is 15.9. The molecule has 1 saturated heterocycles. The summed E-state index contributed by atoms with van der Waals surface area (Å²) in [4.78, 5) is 23.5. The Hall–Kier alpha value is -2.13. The van der Waals surface area contributed by atoms with E-state index in [1.54, 1.807) is 12.1 Å². The highest BCUT2D eigenvalue weighted by Gasteiger charge is 2.29. The number of benzene rings is 1. The van der Waals surface area contributed by atoms with Gasteiger partial charge in [-0.25, -0.2) is 8.42 Å². The highest BCUT2D eigenvalue weighted by molar-refractivity contribution is 7.89. The molecule has 2 amide bonds. The summed E-state index contributed by atoms with van der Waals surface area (Å²) in [6, 6.07) is 6.20. The number of carbonyl (C=O) groups excluding carboxylic acids is 2. The number of hydrogen-bond donors (Lipinski definition) is 2. The number of carbonyl (C=O) groups is 2. The lowest BCUT2D eigenvalue weighted by molar-refractivity contribution is -0.126. The van der Waals surface area contributed by atoms with Gasteiger partial charge in [0.25, 0.3) is 0 Å². The van der Waals surface area contributed by atoms with E-state index in [0.29, 0.717) is 38.1 Å². The standard InChI is InChI=1S/C18H27N3O5S/c1-3-4-17(22)19-13-18(23)20-14-9-11-21(12-10-14)27(24,25)16-7-5-15(26-2)6-8-16/h5-8,14H,3-4,9-13H2,1-2H3,(H,19,22)(H,20,23). The van der Waals surface area contributed by atoms with Crippen molar-refractivity contribution in [1.29, 1.82) is 0 Å². The van der Waals surface area contributed by atoms with Gasteiger partial charge in [0.2, 0.25) is 21.8 Å². The summed E-state index contributed by atoms with van der Waals surface area (Å²) in [5.41, 5.74) is 0. The quantitative estimate of drug-likeness (QED) is 0.678. The zero-order valence-electron chi connectivity index (χ0n) is 15.7. The number of nitrogens with zero attached hydrogens (tertiary/aromatic N) is 1. The SMILES string of the molecule is CCCC(=O)NCC(=O)NC1CCN(S(=O)(=O)c2ccc(OC)cc2)CC1. The molecule has 0 unspecified atom stereocenters. The third kappa shape index (κ3) is 5.93. The van der Waals surface area contributed by atoms with Crippen LogP contribution in [0.15, 0.2) is 29.2 Å². The van der Waals surface area contributed by atoms with Crippen LogP contribution < -0.4 is 15.4 Å². The van der Waals surface area contributed by atoms with E-state index >= 15 is 0 Å². The van der Waals surface area contributed by atoms with Crippen molar-refractivity contribution in [3.05, 3.63) is 24.3 Å². The molecule has 2 N–H and O–H groups in total. The van der Waals surface area contributed by atoms with Crippen molar-refractivity contribution in [2.75, 3.05) is 26.7 Å². The van der Waals surface area contributed by atoms with Crippen molar-refractivity contribution in [3.63, 3.8) is 0 Å². The van der Waals surface area contributed by atoms with Crippen LogP contribution in [0.1, 0.15) is 32.6 Å². The zero-order valence-corrected chi connectivity index (χ0v) is 16.5. The fraction of sp³-hybridized carbons (Fsp3) is 0.556. The molecule has 0 atom stereocenters. The number of hydrogen-bond acceptors (Lipinski definition) is 5. The van der Waals surface area contributed by atoms with Gasteiger partial charge in [0.15, 0.2) is 0 Å². The van der Waals surface area contributed by atoms with Crippen molar-refractivity contribution < 1.29 is 22.7 Å². The summed E-state index contributed by atoms with van der Waals surface area (Å²) >= 11 is 0. The van der Waals surface area contributed by atoms with Crippen molar-refractivity contribution in [2.24, 2.45) is 0 Å². The monoisotopic (exact) mass is 397 g/mol. The lowest BCUT2D eigenvalue weighted by atomic mass is 10.1. The lowest BCUT2D eigenvalue weighted by Crippen LogP contribution is -2.48. The predicted molar refractivity (Wildman–Crippen MR) is 101 cm³/mol. The first-order valence-electron chi connectivity index (χ1n) is 9.07. The molecule has 0 aromatic heterocycles. The van der Waals surface area contributed by atoms with E-state index in [-0.39, 0.29) is 29.3 Å². The molecule has 1 aromatic rings. The summed E-state index contributed by atoms with van der Waals surface area (Å²) in [6.07, 6.45) is 2.19. The lowest BCUT2D eigenvalue weighted by Gasteiger charge is -2.31. The summed E-state index contributed by atoms with van der Waals surface area (Å²) in [5, 5.41) is 5.42. The number of methoxy groups -OCH3 is 1. The maximum Gasteiger partial charge on any atom is 0.243 e. The molecule has 1 fully saturated rings. The second-order valence-electron chi connectivity index (χ2n) is 6.45. The van der Waals surface area contributed by atoms with Crippen LogP contribution in [-0.4, -0.2) is 57.3 Å². The van der Waals surface area contributed by atoms with Gasteiger partial charge in [0.1, 0.15) is 5.75 Å². The molecule has 0 radical (unpaired) electrons. The number of amides is 2. The van der Waals surface area contributed by atoms with Crippen LogP contribution in [0.3, 0.4) is 0 Å². The fourth-order valence-electron chi connectivity index (χ4n) is 2.91. The van der Waals surface area contributed by atoms with E-state index in [4.69, 9.17) is 4.74 Å². The average Bonchev–Trinajstić information content (AvgIpc) is 2.67. The third-order valence-electron chi connectivity index (χ3n) is 4.44. The van der Waals surface area contributed by atoms with Crippen molar-refractivity contribution in [2.45, 2.75) is 43.5 Å². The van der Waals surface area contributed by atoms with Gasteiger partial charge in [-0.05, 0) is 43.5 Å². The first-order chi connectivity index (χ1) is 12.9. The van der Waals surface area contributed by atoms with Crippen molar-refractivity contribution in [3.8, 4) is 5.75 Å². The Kier molecular flexibility index (Phi) is 7.61. The molecule has 8 nitrogen and oxygen atoms in total. The van der Waals surface area contributed by atoms with Gasteiger partial charge in [-0.15, -0.1) is 0 Å². The Bertz CT molecular complexity index is 741. The van der Waals surface area contributed by atoms with Gasteiger partial charge in [-0.2, -0.15) is 4.31 Å². The van der Waals surface area contributed by atoms with Gasteiger partial charge in [-0.3, -0.25) is 9.59 Å². The summed E-state index contributed by atoms with van der Waals surface area (Å²) in [6.45, 7) is 2.51. The number of sulfonamides is 1. The number of ether oxygens (including phenoxy) is 1. The molecule has 0 aliphatic carbocycles. The molecule has 1 aliphatic rings. The first kappa shape index (κ1) is 21.2. The van der Waals surface area contributed by atoms with Crippen LogP contribution in [0.4, 0.5) is 0 Å². The summed E-state index contributed by atoms with van der Waals surface area (Å²) in [5.74, 6) is 0.199. The van der Waals surface area contributed by atoms with Gasteiger partial charge in [-0.1, -0.05) is 6.92 Å². The van der Waals surface area contributed by atoms with E-state index in [9.17, 15) is 18.0 Å². The molecular weight excluding hydrogens is 370 g/mol. The van der Waals surface area contributed by atoms with Gasteiger partial charge in [0, 0.05) is 25.6 Å². The second kappa shape index (κ2) is 9.70. The molecular formula is C18H27N3O5S. The van der Waals surface area contributed by atoms with Crippen LogP contribution in [0.2, 0.25) is 0 Å². The van der Waals surface area contributed by atoms with Crippen LogP contribution in [0.5, 0.6) is 5.75 Å². The van der Waals surface area contributed by atoms with E-state index in [2.05, 4.69) is 10.6 Å². The largest absolute Gasteiger partial charge is 0.497 e. The summed E-state index contributed by atoms with van der Waals surface area (Å²) in [7, 11) is -2.03. The van der Waals surface area contributed by atoms with Crippen LogP contribution in [-0.2, 0) is 19.6 Å².